The number of anilines is 2. The van der Waals surface area contributed by atoms with Gasteiger partial charge in [-0.05, 0) is 48.6 Å². The number of hydrogen-bond acceptors (Lipinski definition) is 3. The van der Waals surface area contributed by atoms with Crippen LogP contribution in [-0.2, 0) is 0 Å². The maximum absolute atomic E-state index is 11.6. The normalized spacial score (nSPS) is 20.4. The Morgan fingerprint density at radius 2 is 1.95 bits per heavy atom. The summed E-state index contributed by atoms with van der Waals surface area (Å²) in [6.07, 6.45) is 2.47. The first-order chi connectivity index (χ1) is 9.33. The summed E-state index contributed by atoms with van der Waals surface area (Å²) in [5, 5.41) is 6.39. The molecule has 0 radical (unpaired) electrons. The highest BCUT2D eigenvalue weighted by atomic mass is 32.2. The molecule has 3 rings (SSSR count). The Balaban J connectivity index is 1.63. The Kier molecular flexibility index (Phi) is 3.82. The maximum Gasteiger partial charge on any atom is 0.321 e. The molecule has 19 heavy (non-hydrogen) atoms. The molecule has 2 N–H and O–H groups in total. The summed E-state index contributed by atoms with van der Waals surface area (Å²) in [5.41, 5.74) is 2.13. The van der Waals surface area contributed by atoms with Gasteiger partial charge in [-0.3, -0.25) is 4.90 Å². The predicted octanol–water partition coefficient (Wildman–Crippen LogP) is 2.52. The minimum atomic E-state index is 0.00464. The fourth-order valence-corrected chi connectivity index (χ4v) is 3.64. The van der Waals surface area contributed by atoms with Gasteiger partial charge >= 0.3 is 6.03 Å². The van der Waals surface area contributed by atoms with E-state index < -0.39 is 0 Å². The van der Waals surface area contributed by atoms with Crippen LogP contribution in [0.3, 0.4) is 0 Å². The third-order valence-electron chi connectivity index (χ3n) is 3.63. The van der Waals surface area contributed by atoms with Gasteiger partial charge in [0.1, 0.15) is 0 Å². The average Bonchev–Trinajstić information content (AvgIpc) is 2.87. The number of carbonyl (C=O) groups is 1. The van der Waals surface area contributed by atoms with Crippen LogP contribution in [0.2, 0.25) is 0 Å². The smallest absolute Gasteiger partial charge is 0.321 e. The summed E-state index contributed by atoms with van der Waals surface area (Å²) in [6, 6.07) is 8.79. The molecule has 0 unspecified atom stereocenters. The Morgan fingerprint density at radius 1 is 1.21 bits per heavy atom. The van der Waals surface area contributed by atoms with Gasteiger partial charge in [0.25, 0.3) is 0 Å². The van der Waals surface area contributed by atoms with Crippen molar-refractivity contribution in [1.29, 1.82) is 0 Å². The zero-order valence-electron chi connectivity index (χ0n) is 10.9. The van der Waals surface area contributed by atoms with Gasteiger partial charge in [0.2, 0.25) is 0 Å². The number of rotatable bonds is 3. The van der Waals surface area contributed by atoms with Crippen LogP contribution in [0.1, 0.15) is 12.8 Å². The highest BCUT2D eigenvalue weighted by Gasteiger charge is 2.21. The van der Waals surface area contributed by atoms with Crippen molar-refractivity contribution in [1.82, 2.24) is 5.32 Å². The topological polar surface area (TPSA) is 44.4 Å². The number of thioether (sulfide) groups is 1. The highest BCUT2D eigenvalue weighted by molar-refractivity contribution is 7.99. The lowest BCUT2D eigenvalue weighted by atomic mass is 10.1. The summed E-state index contributed by atoms with van der Waals surface area (Å²) in [5.74, 6) is 2.51. The number of carbonyl (C=O) groups excluding carboxylic acids is 1. The van der Waals surface area contributed by atoms with Gasteiger partial charge in [0, 0.05) is 30.5 Å². The number of amides is 2. The SMILES string of the molecule is O=C1NCCN1c1ccc(NC2CCSCC2)cc1. The minimum absolute atomic E-state index is 0.00464. The summed E-state index contributed by atoms with van der Waals surface area (Å²) >= 11 is 2.04. The monoisotopic (exact) mass is 277 g/mol. The molecule has 4 nitrogen and oxygen atoms in total. The van der Waals surface area contributed by atoms with Crippen molar-refractivity contribution in [3.63, 3.8) is 0 Å². The fourth-order valence-electron chi connectivity index (χ4n) is 2.53. The first-order valence-electron chi connectivity index (χ1n) is 6.83. The lowest BCUT2D eigenvalue weighted by Crippen LogP contribution is -2.27. The Hall–Kier alpha value is -1.36. The van der Waals surface area contributed by atoms with Gasteiger partial charge in [-0.1, -0.05) is 0 Å². The van der Waals surface area contributed by atoms with E-state index >= 15 is 0 Å². The van der Waals surface area contributed by atoms with E-state index in [9.17, 15) is 4.79 Å². The molecule has 2 amide bonds. The van der Waals surface area contributed by atoms with Crippen molar-refractivity contribution in [2.75, 3.05) is 34.8 Å². The van der Waals surface area contributed by atoms with Crippen LogP contribution in [0.15, 0.2) is 24.3 Å². The number of nitrogens with one attached hydrogen (secondary N) is 2. The summed E-state index contributed by atoms with van der Waals surface area (Å²) < 4.78 is 0. The minimum Gasteiger partial charge on any atom is -0.382 e. The van der Waals surface area contributed by atoms with Crippen LogP contribution in [-0.4, -0.2) is 36.7 Å². The molecule has 1 aromatic rings. The summed E-state index contributed by atoms with van der Waals surface area (Å²) in [7, 11) is 0. The van der Waals surface area contributed by atoms with Crippen LogP contribution in [0.4, 0.5) is 16.2 Å². The maximum atomic E-state index is 11.6. The molecule has 0 bridgehead atoms. The Labute approximate surface area is 117 Å². The Bertz CT molecular complexity index is 443. The van der Waals surface area contributed by atoms with Crippen LogP contribution < -0.4 is 15.5 Å². The number of hydrogen-bond donors (Lipinski definition) is 2. The van der Waals surface area contributed by atoms with Crippen molar-refractivity contribution < 1.29 is 4.79 Å². The second-order valence-corrected chi connectivity index (χ2v) is 6.19. The first kappa shape index (κ1) is 12.7. The molecule has 0 saturated carbocycles. The third-order valence-corrected chi connectivity index (χ3v) is 4.68. The Morgan fingerprint density at radius 3 is 2.58 bits per heavy atom. The van der Waals surface area contributed by atoms with Crippen molar-refractivity contribution in [2.24, 2.45) is 0 Å². The molecule has 0 spiro atoms. The van der Waals surface area contributed by atoms with Crippen LogP contribution >= 0.6 is 11.8 Å². The molecule has 5 heteroatoms. The van der Waals surface area contributed by atoms with E-state index in [2.05, 4.69) is 22.8 Å². The molecule has 0 atom stereocenters. The van der Waals surface area contributed by atoms with Crippen LogP contribution in [0.5, 0.6) is 0 Å². The standard InChI is InChI=1S/C14H19N3OS/c18-14-15-7-8-17(14)13-3-1-11(2-4-13)16-12-5-9-19-10-6-12/h1-4,12,16H,5-10H2,(H,15,18). The largest absolute Gasteiger partial charge is 0.382 e. The number of benzene rings is 1. The fraction of sp³-hybridized carbons (Fsp3) is 0.500. The predicted molar refractivity (Wildman–Crippen MR) is 81.2 cm³/mol. The molecule has 2 saturated heterocycles. The first-order valence-corrected chi connectivity index (χ1v) is 7.98. The average molecular weight is 277 g/mol. The molecule has 0 aliphatic carbocycles. The van der Waals surface area contributed by atoms with E-state index in [0.29, 0.717) is 6.04 Å². The zero-order valence-corrected chi connectivity index (χ0v) is 11.7. The molecule has 2 aliphatic rings. The molecular formula is C14H19N3OS. The lowest BCUT2D eigenvalue weighted by molar-refractivity contribution is 0.252. The van der Waals surface area contributed by atoms with Crippen molar-refractivity contribution in [2.45, 2.75) is 18.9 Å². The quantitative estimate of drug-likeness (QED) is 0.892. The second kappa shape index (κ2) is 5.74. The second-order valence-electron chi connectivity index (χ2n) is 4.96. The van der Waals surface area contributed by atoms with Crippen molar-refractivity contribution >= 4 is 29.2 Å². The molecule has 2 heterocycles. The van der Waals surface area contributed by atoms with E-state index in [1.807, 2.05) is 23.9 Å². The van der Waals surface area contributed by atoms with E-state index in [4.69, 9.17) is 0 Å². The van der Waals surface area contributed by atoms with E-state index in [0.717, 1.165) is 24.5 Å². The van der Waals surface area contributed by atoms with Gasteiger partial charge < -0.3 is 10.6 Å². The van der Waals surface area contributed by atoms with E-state index in [1.54, 1.807) is 4.90 Å². The molecule has 1 aromatic carbocycles. The van der Waals surface area contributed by atoms with Crippen molar-refractivity contribution in [3.8, 4) is 0 Å². The highest BCUT2D eigenvalue weighted by Crippen LogP contribution is 2.23. The summed E-state index contributed by atoms with van der Waals surface area (Å²) in [4.78, 5) is 13.4. The van der Waals surface area contributed by atoms with Gasteiger partial charge in [0.15, 0.2) is 0 Å². The summed E-state index contributed by atoms with van der Waals surface area (Å²) in [6.45, 7) is 1.49. The van der Waals surface area contributed by atoms with Gasteiger partial charge in [-0.25, -0.2) is 4.79 Å². The zero-order chi connectivity index (χ0) is 13.1. The lowest BCUT2D eigenvalue weighted by Gasteiger charge is -2.24. The molecule has 2 aliphatic heterocycles. The van der Waals surface area contributed by atoms with Gasteiger partial charge in [0.05, 0.1) is 0 Å². The van der Waals surface area contributed by atoms with Crippen LogP contribution in [0.25, 0.3) is 0 Å². The van der Waals surface area contributed by atoms with E-state index in [-0.39, 0.29) is 6.03 Å². The third kappa shape index (κ3) is 2.97. The van der Waals surface area contributed by atoms with Crippen molar-refractivity contribution in [3.05, 3.63) is 24.3 Å². The number of urea groups is 1. The van der Waals surface area contributed by atoms with Gasteiger partial charge in [-0.2, -0.15) is 11.8 Å². The molecule has 2 fully saturated rings. The van der Waals surface area contributed by atoms with E-state index in [1.165, 1.54) is 24.3 Å². The van der Waals surface area contributed by atoms with Gasteiger partial charge in [-0.15, -0.1) is 0 Å². The van der Waals surface area contributed by atoms with Crippen LogP contribution in [0, 0.1) is 0 Å². The molecule has 102 valence electrons. The molecular weight excluding hydrogens is 258 g/mol. The number of nitrogens with zero attached hydrogens (tertiary/aromatic N) is 1. The molecule has 0 aromatic heterocycles.